The van der Waals surface area contributed by atoms with E-state index in [4.69, 9.17) is 6.42 Å². The van der Waals surface area contributed by atoms with E-state index in [0.717, 1.165) is 14.7 Å². The summed E-state index contributed by atoms with van der Waals surface area (Å²) in [5.74, 6) is 3.63. The smallest absolute Gasteiger partial charge is 0.294 e. The molecule has 0 aliphatic heterocycles. The van der Waals surface area contributed by atoms with Crippen LogP contribution >= 0.6 is 43.2 Å². The van der Waals surface area contributed by atoms with Crippen LogP contribution in [0.1, 0.15) is 18.7 Å². The Labute approximate surface area is 134 Å². The molecule has 1 aliphatic carbocycles. The first-order valence-corrected chi connectivity index (χ1v) is 8.42. The predicted molar refractivity (Wildman–Crippen MR) is 87.8 cm³/mol. The molecule has 0 bridgehead atoms. The molecule has 2 atom stereocenters. The fraction of sp³-hybridized carbons (Fsp3) is 0.500. The summed E-state index contributed by atoms with van der Waals surface area (Å²) in [5.41, 5.74) is 0.288. The molecule has 0 unspecified atom stereocenters. The van der Waals surface area contributed by atoms with Crippen LogP contribution in [0.4, 0.5) is 0 Å². The zero-order valence-electron chi connectivity index (χ0n) is 10.8. The van der Waals surface area contributed by atoms with E-state index >= 15 is 0 Å². The van der Waals surface area contributed by atoms with Crippen LogP contribution in [0.3, 0.4) is 0 Å². The molecule has 1 aliphatic rings. The van der Waals surface area contributed by atoms with Gasteiger partial charge in [-0.15, -0.1) is 6.42 Å². The van der Waals surface area contributed by atoms with Gasteiger partial charge in [-0.3, -0.25) is 9.36 Å². The lowest BCUT2D eigenvalue weighted by Crippen LogP contribution is -2.10. The van der Waals surface area contributed by atoms with Gasteiger partial charge >= 0.3 is 4.87 Å². The number of hydrogen-bond donors (Lipinski definition) is 0. The highest BCUT2D eigenvalue weighted by Crippen LogP contribution is 2.61. The van der Waals surface area contributed by atoms with Crippen molar-refractivity contribution in [3.63, 3.8) is 0 Å². The van der Waals surface area contributed by atoms with E-state index in [1.54, 1.807) is 4.57 Å². The van der Waals surface area contributed by atoms with Gasteiger partial charge in [0.2, 0.25) is 0 Å². The van der Waals surface area contributed by atoms with Crippen molar-refractivity contribution in [1.29, 1.82) is 0 Å². The standard InChI is InChI=1S/C14H15Br2NOS/c1-4-5-17-8-9(19-13(17)18)6-10-11(7-12(15)16)14(10,2)3/h1,7-8,10-11H,5-6H2,2-3H3/t10-,11-/m1/s1. The molecular formula is C14H15Br2NOS. The average Bonchev–Trinajstić information content (AvgIpc) is 2.66. The predicted octanol–water partition coefficient (Wildman–Crippen LogP) is 3.99. The van der Waals surface area contributed by atoms with Gasteiger partial charge in [0.1, 0.15) is 0 Å². The summed E-state index contributed by atoms with van der Waals surface area (Å²) < 4.78 is 2.61. The van der Waals surface area contributed by atoms with E-state index < -0.39 is 0 Å². The van der Waals surface area contributed by atoms with Crippen molar-refractivity contribution >= 4 is 43.2 Å². The van der Waals surface area contributed by atoms with Crippen LogP contribution in [-0.4, -0.2) is 4.57 Å². The summed E-state index contributed by atoms with van der Waals surface area (Å²) in [6, 6.07) is 0. The normalized spacial score (nSPS) is 23.7. The average molecular weight is 405 g/mol. The van der Waals surface area contributed by atoms with Crippen LogP contribution in [0.25, 0.3) is 0 Å². The van der Waals surface area contributed by atoms with Crippen LogP contribution in [0.15, 0.2) is 20.5 Å². The first-order chi connectivity index (χ1) is 8.86. The minimum Gasteiger partial charge on any atom is -0.294 e. The lowest BCUT2D eigenvalue weighted by atomic mass is 10.1. The van der Waals surface area contributed by atoms with Crippen molar-refractivity contribution in [3.05, 3.63) is 30.2 Å². The zero-order valence-corrected chi connectivity index (χ0v) is 14.8. The summed E-state index contributed by atoms with van der Waals surface area (Å²) in [7, 11) is 0. The van der Waals surface area contributed by atoms with E-state index in [2.05, 4.69) is 57.7 Å². The monoisotopic (exact) mass is 403 g/mol. The molecule has 19 heavy (non-hydrogen) atoms. The molecule has 1 aromatic heterocycles. The van der Waals surface area contributed by atoms with Crippen LogP contribution in [0.2, 0.25) is 0 Å². The van der Waals surface area contributed by atoms with Crippen LogP contribution in [0, 0.1) is 29.6 Å². The Bertz CT molecular complexity index is 602. The van der Waals surface area contributed by atoms with Gasteiger partial charge in [0.25, 0.3) is 0 Å². The zero-order chi connectivity index (χ0) is 14.2. The van der Waals surface area contributed by atoms with E-state index in [-0.39, 0.29) is 10.3 Å². The highest BCUT2D eigenvalue weighted by molar-refractivity contribution is 9.28. The van der Waals surface area contributed by atoms with Gasteiger partial charge in [-0.1, -0.05) is 37.2 Å². The fourth-order valence-electron chi connectivity index (χ4n) is 2.59. The molecule has 0 saturated heterocycles. The minimum atomic E-state index is 0.0418. The molecule has 1 heterocycles. The molecule has 2 rings (SSSR count). The number of hydrogen-bond acceptors (Lipinski definition) is 2. The van der Waals surface area contributed by atoms with Gasteiger partial charge < -0.3 is 0 Å². The maximum Gasteiger partial charge on any atom is 0.308 e. The van der Waals surface area contributed by atoms with Crippen molar-refractivity contribution in [2.45, 2.75) is 26.8 Å². The van der Waals surface area contributed by atoms with Crippen molar-refractivity contribution in [2.24, 2.45) is 17.3 Å². The summed E-state index contributed by atoms with van der Waals surface area (Å²) in [6.07, 6.45) is 10.3. The van der Waals surface area contributed by atoms with E-state index in [1.165, 1.54) is 11.3 Å². The summed E-state index contributed by atoms with van der Waals surface area (Å²) >= 11 is 8.15. The number of thiazole rings is 1. The molecular weight excluding hydrogens is 390 g/mol. The molecule has 2 nitrogen and oxygen atoms in total. The molecule has 5 heteroatoms. The molecule has 1 aromatic rings. The van der Waals surface area contributed by atoms with Crippen molar-refractivity contribution in [2.75, 3.05) is 0 Å². The first-order valence-electron chi connectivity index (χ1n) is 6.01. The van der Waals surface area contributed by atoms with Crippen LogP contribution in [-0.2, 0) is 13.0 Å². The maximum atomic E-state index is 11.7. The van der Waals surface area contributed by atoms with Crippen LogP contribution < -0.4 is 4.87 Å². The van der Waals surface area contributed by atoms with E-state index in [9.17, 15) is 4.79 Å². The second-order valence-electron chi connectivity index (χ2n) is 5.41. The number of aromatic nitrogens is 1. The Morgan fingerprint density at radius 2 is 2.32 bits per heavy atom. The van der Waals surface area contributed by atoms with E-state index in [0.29, 0.717) is 18.4 Å². The Kier molecular flexibility index (Phi) is 4.44. The van der Waals surface area contributed by atoms with Gasteiger partial charge in [-0.05, 0) is 55.5 Å². The topological polar surface area (TPSA) is 22.0 Å². The number of halogens is 2. The van der Waals surface area contributed by atoms with Gasteiger partial charge in [0.05, 0.1) is 9.94 Å². The Hall–Kier alpha value is -0.310. The Morgan fingerprint density at radius 3 is 2.89 bits per heavy atom. The molecule has 0 N–H and O–H groups in total. The van der Waals surface area contributed by atoms with Gasteiger partial charge in [0, 0.05) is 11.1 Å². The van der Waals surface area contributed by atoms with Crippen molar-refractivity contribution < 1.29 is 0 Å². The summed E-state index contributed by atoms with van der Waals surface area (Å²) in [4.78, 5) is 12.9. The second-order valence-corrected chi connectivity index (χ2v) is 9.26. The fourth-order valence-corrected chi connectivity index (χ4v) is 4.06. The SMILES string of the molecule is C#CCn1cc(C[C@@H]2[C@@H](C=C(Br)Br)C2(C)C)sc1=O. The molecule has 0 aromatic carbocycles. The third-order valence-electron chi connectivity index (χ3n) is 3.88. The highest BCUT2D eigenvalue weighted by atomic mass is 79.9. The highest BCUT2D eigenvalue weighted by Gasteiger charge is 2.55. The first kappa shape index (κ1) is 15.1. The number of nitrogens with zero attached hydrogens (tertiary/aromatic N) is 1. The molecule has 0 spiro atoms. The molecule has 0 radical (unpaired) electrons. The van der Waals surface area contributed by atoms with E-state index in [1.807, 2.05) is 6.20 Å². The number of allylic oxidation sites excluding steroid dienone is 1. The van der Waals surface area contributed by atoms with Gasteiger partial charge in [-0.2, -0.15) is 0 Å². The lowest BCUT2D eigenvalue weighted by molar-refractivity contribution is 0.550. The lowest BCUT2D eigenvalue weighted by Gasteiger charge is -1.99. The molecule has 1 fully saturated rings. The minimum absolute atomic E-state index is 0.0418. The van der Waals surface area contributed by atoms with Crippen molar-refractivity contribution in [3.8, 4) is 12.3 Å². The Morgan fingerprint density at radius 1 is 1.63 bits per heavy atom. The Balaban J connectivity index is 2.11. The summed E-state index contributed by atoms with van der Waals surface area (Å²) in [5, 5.41) is 0. The third-order valence-corrected chi connectivity index (χ3v) is 5.35. The van der Waals surface area contributed by atoms with Gasteiger partial charge in [0.15, 0.2) is 0 Å². The van der Waals surface area contributed by atoms with Crippen LogP contribution in [0.5, 0.6) is 0 Å². The maximum absolute atomic E-state index is 11.7. The number of terminal acetylenes is 1. The largest absolute Gasteiger partial charge is 0.308 e. The quantitative estimate of drug-likeness (QED) is 0.695. The number of rotatable bonds is 4. The summed E-state index contributed by atoms with van der Waals surface area (Å²) in [6.45, 7) is 4.89. The second kappa shape index (κ2) is 5.59. The third kappa shape index (κ3) is 3.24. The van der Waals surface area contributed by atoms with Crippen molar-refractivity contribution in [1.82, 2.24) is 4.57 Å². The van der Waals surface area contributed by atoms with Gasteiger partial charge in [-0.25, -0.2) is 0 Å². The molecule has 102 valence electrons. The molecule has 1 saturated carbocycles. The molecule has 0 amide bonds.